The topological polar surface area (TPSA) is 94.2 Å². The lowest BCUT2D eigenvalue weighted by molar-refractivity contribution is 0.0662. The van der Waals surface area contributed by atoms with E-state index in [2.05, 4.69) is 31.6 Å². The molecule has 2 N–H and O–H groups in total. The predicted molar refractivity (Wildman–Crippen MR) is 126 cm³/mol. The average Bonchev–Trinajstić information content (AvgIpc) is 3.53. The number of imidazole rings is 1. The summed E-state index contributed by atoms with van der Waals surface area (Å²) in [6.45, 7) is 3.67. The molecule has 170 valence electrons. The maximum atomic E-state index is 5.48. The molecule has 0 aromatic carbocycles. The Balaban J connectivity index is 1.29. The van der Waals surface area contributed by atoms with Crippen LogP contribution in [0.25, 0.3) is 28.3 Å². The highest BCUT2D eigenvalue weighted by atomic mass is 16.5. The molecule has 4 aromatic rings. The van der Waals surface area contributed by atoms with Crippen molar-refractivity contribution in [3.8, 4) is 22.6 Å². The first kappa shape index (κ1) is 20.3. The molecule has 0 saturated carbocycles. The minimum Gasteiger partial charge on any atom is -0.381 e. The maximum absolute atomic E-state index is 5.48. The summed E-state index contributed by atoms with van der Waals surface area (Å²) in [4.78, 5) is 9.42. The van der Waals surface area contributed by atoms with Crippen molar-refractivity contribution >= 4 is 11.5 Å². The van der Waals surface area contributed by atoms with E-state index in [1.54, 1.807) is 0 Å². The highest BCUT2D eigenvalue weighted by Crippen LogP contribution is 2.26. The summed E-state index contributed by atoms with van der Waals surface area (Å²) in [6, 6.07) is 10.9. The Kier molecular flexibility index (Phi) is 5.49. The van der Waals surface area contributed by atoms with Gasteiger partial charge >= 0.3 is 0 Å². The Morgan fingerprint density at radius 2 is 1.85 bits per heavy atom. The largest absolute Gasteiger partial charge is 0.381 e. The molecular formula is C24H28N8O. The van der Waals surface area contributed by atoms with E-state index in [0.29, 0.717) is 12.1 Å². The smallest absolute Gasteiger partial charge is 0.154 e. The van der Waals surface area contributed by atoms with Crippen LogP contribution >= 0.6 is 0 Å². The number of aromatic nitrogens is 6. The van der Waals surface area contributed by atoms with E-state index in [1.165, 1.54) is 0 Å². The Labute approximate surface area is 192 Å². The minimum absolute atomic E-state index is 0.388. The quantitative estimate of drug-likeness (QED) is 0.488. The van der Waals surface area contributed by atoms with E-state index >= 15 is 0 Å². The van der Waals surface area contributed by atoms with E-state index in [-0.39, 0.29) is 0 Å². The van der Waals surface area contributed by atoms with Gasteiger partial charge in [-0.25, -0.2) is 14.5 Å². The number of rotatable bonds is 5. The Bertz CT molecular complexity index is 1240. The molecule has 0 unspecified atom stereocenters. The van der Waals surface area contributed by atoms with Gasteiger partial charge in [-0.1, -0.05) is 6.07 Å². The van der Waals surface area contributed by atoms with Crippen LogP contribution in [0.1, 0.15) is 31.7 Å². The lowest BCUT2D eigenvalue weighted by atomic mass is 10.1. The third-order valence-corrected chi connectivity index (χ3v) is 6.53. The molecular weight excluding hydrogens is 416 g/mol. The third-order valence-electron chi connectivity index (χ3n) is 6.53. The van der Waals surface area contributed by atoms with Gasteiger partial charge in [0.25, 0.3) is 0 Å². The minimum atomic E-state index is 0.388. The predicted octanol–water partition coefficient (Wildman–Crippen LogP) is 3.17. The van der Waals surface area contributed by atoms with Crippen LogP contribution in [0.15, 0.2) is 48.9 Å². The molecule has 9 nitrogen and oxygen atoms in total. The van der Waals surface area contributed by atoms with Crippen molar-refractivity contribution in [3.63, 3.8) is 0 Å². The van der Waals surface area contributed by atoms with Gasteiger partial charge < -0.3 is 15.4 Å². The van der Waals surface area contributed by atoms with Gasteiger partial charge in [0.05, 0.1) is 29.8 Å². The van der Waals surface area contributed by atoms with Crippen molar-refractivity contribution in [1.29, 1.82) is 0 Å². The molecule has 0 aliphatic carbocycles. The molecule has 0 amide bonds. The van der Waals surface area contributed by atoms with Gasteiger partial charge in [0.2, 0.25) is 0 Å². The average molecular weight is 445 g/mol. The van der Waals surface area contributed by atoms with Crippen molar-refractivity contribution in [2.75, 3.05) is 31.6 Å². The molecule has 2 aliphatic rings. The second-order valence-corrected chi connectivity index (χ2v) is 8.76. The number of anilines is 1. The highest BCUT2D eigenvalue weighted by Gasteiger charge is 2.18. The number of nitrogens with one attached hydrogen (secondary N) is 2. The van der Waals surface area contributed by atoms with E-state index in [0.717, 1.165) is 86.1 Å². The van der Waals surface area contributed by atoms with Crippen LogP contribution in [0.4, 0.5) is 5.82 Å². The molecule has 0 radical (unpaired) electrons. The van der Waals surface area contributed by atoms with Gasteiger partial charge in [-0.2, -0.15) is 10.2 Å². The zero-order chi connectivity index (χ0) is 22.0. The standard InChI is InChI=1S/C24H28N8O/c1-2-21(29-23(3-1)28-18-6-10-25-11-7-18)22-15-26-24-5-4-20(30-32(22)24)17-14-27-31(16-17)19-8-12-33-13-9-19/h1-5,14-16,18-19,25H,6-13H2,(H,28,29). The monoisotopic (exact) mass is 444 g/mol. The third kappa shape index (κ3) is 4.21. The fourth-order valence-electron chi connectivity index (χ4n) is 4.65. The molecule has 9 heteroatoms. The number of hydrogen-bond donors (Lipinski definition) is 2. The highest BCUT2D eigenvalue weighted by molar-refractivity contribution is 5.64. The second-order valence-electron chi connectivity index (χ2n) is 8.76. The number of fused-ring (bicyclic) bond motifs is 1. The summed E-state index contributed by atoms with van der Waals surface area (Å²) in [7, 11) is 0. The summed E-state index contributed by atoms with van der Waals surface area (Å²) in [5, 5.41) is 16.5. The van der Waals surface area contributed by atoms with Gasteiger partial charge in [-0.15, -0.1) is 0 Å². The van der Waals surface area contributed by atoms with E-state index in [4.69, 9.17) is 14.8 Å². The van der Waals surface area contributed by atoms with Gasteiger partial charge in [0, 0.05) is 31.0 Å². The van der Waals surface area contributed by atoms with Gasteiger partial charge in [-0.05, 0) is 63.0 Å². The molecule has 6 rings (SSSR count). The fourth-order valence-corrected chi connectivity index (χ4v) is 4.65. The maximum Gasteiger partial charge on any atom is 0.154 e. The van der Waals surface area contributed by atoms with Crippen molar-refractivity contribution in [2.45, 2.75) is 37.8 Å². The van der Waals surface area contributed by atoms with Crippen LogP contribution in [0.3, 0.4) is 0 Å². The fraction of sp³-hybridized carbons (Fsp3) is 0.417. The number of pyridine rings is 1. The Hall–Kier alpha value is -3.30. The van der Waals surface area contributed by atoms with Crippen molar-refractivity contribution < 1.29 is 4.74 Å². The van der Waals surface area contributed by atoms with Crippen LogP contribution in [0.5, 0.6) is 0 Å². The molecule has 0 atom stereocenters. The summed E-state index contributed by atoms with van der Waals surface area (Å²) in [6.07, 6.45) is 10.0. The van der Waals surface area contributed by atoms with Crippen LogP contribution < -0.4 is 10.6 Å². The van der Waals surface area contributed by atoms with Crippen LogP contribution in [-0.2, 0) is 4.74 Å². The van der Waals surface area contributed by atoms with Crippen molar-refractivity contribution in [2.24, 2.45) is 0 Å². The zero-order valence-electron chi connectivity index (χ0n) is 18.5. The number of piperidine rings is 1. The SMILES string of the molecule is c1cc(NC2CCNCC2)nc(-c2cnc3ccc(-c4cnn(C5CCOCC5)c4)nn23)c1. The van der Waals surface area contributed by atoms with Crippen LogP contribution in [0.2, 0.25) is 0 Å². The van der Waals surface area contributed by atoms with Crippen molar-refractivity contribution in [1.82, 2.24) is 34.7 Å². The second kappa shape index (κ2) is 8.92. The van der Waals surface area contributed by atoms with Crippen molar-refractivity contribution in [3.05, 3.63) is 48.9 Å². The van der Waals surface area contributed by atoms with E-state index in [9.17, 15) is 0 Å². The Morgan fingerprint density at radius 1 is 0.970 bits per heavy atom. The molecule has 2 aliphatic heterocycles. The van der Waals surface area contributed by atoms with Crippen LogP contribution in [0, 0.1) is 0 Å². The first-order valence-electron chi connectivity index (χ1n) is 11.8. The lowest BCUT2D eigenvalue weighted by Crippen LogP contribution is -2.35. The summed E-state index contributed by atoms with van der Waals surface area (Å²) >= 11 is 0. The molecule has 4 aromatic heterocycles. The number of nitrogens with zero attached hydrogens (tertiary/aromatic N) is 6. The molecule has 0 bridgehead atoms. The van der Waals surface area contributed by atoms with E-state index < -0.39 is 0 Å². The number of ether oxygens (including phenoxy) is 1. The molecule has 33 heavy (non-hydrogen) atoms. The molecule has 0 spiro atoms. The van der Waals surface area contributed by atoms with Gasteiger partial charge in [0.15, 0.2) is 5.65 Å². The molecule has 6 heterocycles. The number of hydrogen-bond acceptors (Lipinski definition) is 7. The van der Waals surface area contributed by atoms with Gasteiger partial charge in [0.1, 0.15) is 11.5 Å². The lowest BCUT2D eigenvalue weighted by Gasteiger charge is -2.24. The first-order chi connectivity index (χ1) is 16.3. The Morgan fingerprint density at radius 3 is 2.73 bits per heavy atom. The summed E-state index contributed by atoms with van der Waals surface area (Å²) in [5.41, 5.74) is 4.38. The normalized spacial score (nSPS) is 18.1. The van der Waals surface area contributed by atoms with E-state index in [1.807, 2.05) is 47.2 Å². The summed E-state index contributed by atoms with van der Waals surface area (Å²) in [5.74, 6) is 0.892. The molecule has 2 saturated heterocycles. The van der Waals surface area contributed by atoms with Crippen LogP contribution in [-0.4, -0.2) is 61.7 Å². The zero-order valence-corrected chi connectivity index (χ0v) is 18.5. The molecule has 2 fully saturated rings. The summed E-state index contributed by atoms with van der Waals surface area (Å²) < 4.78 is 9.41. The van der Waals surface area contributed by atoms with Gasteiger partial charge in [-0.3, -0.25) is 4.68 Å². The first-order valence-corrected chi connectivity index (χ1v) is 11.8.